The van der Waals surface area contributed by atoms with Gasteiger partial charge in [-0.15, -0.1) is 0 Å². The Kier molecular flexibility index (Phi) is 5.36. The van der Waals surface area contributed by atoms with E-state index in [1.165, 1.54) is 30.7 Å². The van der Waals surface area contributed by atoms with Crippen LogP contribution in [0, 0.1) is 0 Å². The van der Waals surface area contributed by atoms with Crippen LogP contribution in [0.4, 0.5) is 18.9 Å². The fourth-order valence-electron chi connectivity index (χ4n) is 2.70. The number of hydrogen-bond acceptors (Lipinski definition) is 5. The number of alkyl halides is 3. The predicted molar refractivity (Wildman–Crippen MR) is 87.3 cm³/mol. The molecule has 9 heteroatoms. The van der Waals surface area contributed by atoms with Gasteiger partial charge in [0.1, 0.15) is 5.69 Å². The number of rotatable bonds is 4. The Hall–Kier alpha value is -2.68. The van der Waals surface area contributed by atoms with Gasteiger partial charge >= 0.3 is 6.18 Å². The molecule has 2 aromatic rings. The summed E-state index contributed by atoms with van der Waals surface area (Å²) in [6, 6.07) is 5.11. The van der Waals surface area contributed by atoms with Gasteiger partial charge in [0.2, 0.25) is 0 Å². The van der Waals surface area contributed by atoms with Crippen molar-refractivity contribution < 1.29 is 22.8 Å². The molecule has 3 rings (SSSR count). The van der Waals surface area contributed by atoms with Crippen LogP contribution in [0.5, 0.6) is 0 Å². The Labute approximate surface area is 148 Å². The second kappa shape index (κ2) is 7.69. The van der Waals surface area contributed by atoms with Crippen LogP contribution in [-0.2, 0) is 11.0 Å². The van der Waals surface area contributed by atoms with Crippen LogP contribution in [-0.4, -0.2) is 35.1 Å². The van der Waals surface area contributed by atoms with Gasteiger partial charge in [-0.1, -0.05) is 0 Å². The zero-order chi connectivity index (χ0) is 18.6. The summed E-state index contributed by atoms with van der Waals surface area (Å²) in [5, 5.41) is 0. The molecule has 1 aliphatic rings. The summed E-state index contributed by atoms with van der Waals surface area (Å²) >= 11 is 0. The van der Waals surface area contributed by atoms with Crippen molar-refractivity contribution in [2.24, 2.45) is 0 Å². The maximum Gasteiger partial charge on any atom is 0.416 e. The molecular weight excluding hydrogens is 349 g/mol. The van der Waals surface area contributed by atoms with Crippen LogP contribution in [0.2, 0.25) is 0 Å². The SMILES string of the molecule is O=C(NOC1CCN(c2ccc(C(F)(F)F)cc2)CC1)c1cnccn1. The number of amides is 1. The molecule has 0 spiro atoms. The van der Waals surface area contributed by atoms with Crippen LogP contribution >= 0.6 is 0 Å². The van der Waals surface area contributed by atoms with E-state index in [4.69, 9.17) is 4.84 Å². The van der Waals surface area contributed by atoms with Crippen molar-refractivity contribution in [1.82, 2.24) is 15.4 Å². The summed E-state index contributed by atoms with van der Waals surface area (Å²) < 4.78 is 37.8. The lowest BCUT2D eigenvalue weighted by Crippen LogP contribution is -2.40. The van der Waals surface area contributed by atoms with Crippen LogP contribution in [0.3, 0.4) is 0 Å². The van der Waals surface area contributed by atoms with Crippen LogP contribution < -0.4 is 10.4 Å². The summed E-state index contributed by atoms with van der Waals surface area (Å²) in [7, 11) is 0. The first-order chi connectivity index (χ1) is 12.4. The van der Waals surface area contributed by atoms with Gasteiger partial charge in [-0.2, -0.15) is 13.2 Å². The van der Waals surface area contributed by atoms with Gasteiger partial charge in [-0.05, 0) is 37.1 Å². The first-order valence-electron chi connectivity index (χ1n) is 8.08. The van der Waals surface area contributed by atoms with E-state index in [1.54, 1.807) is 0 Å². The van der Waals surface area contributed by atoms with Gasteiger partial charge in [0.15, 0.2) is 0 Å². The van der Waals surface area contributed by atoms with Crippen molar-refractivity contribution in [3.63, 3.8) is 0 Å². The second-order valence-electron chi connectivity index (χ2n) is 5.87. The standard InChI is InChI=1S/C17H17F3N4O2/c18-17(19,20)12-1-3-13(4-2-12)24-9-5-14(6-10-24)26-23-16(25)15-11-21-7-8-22-15/h1-4,7-8,11,14H,5-6,9-10H2,(H,23,25). The molecule has 138 valence electrons. The van der Waals surface area contributed by atoms with E-state index in [9.17, 15) is 18.0 Å². The Morgan fingerprint density at radius 3 is 2.42 bits per heavy atom. The number of carbonyl (C=O) groups is 1. The van der Waals surface area contributed by atoms with Crippen molar-refractivity contribution in [2.45, 2.75) is 25.1 Å². The fourth-order valence-corrected chi connectivity index (χ4v) is 2.70. The number of halogens is 3. The quantitative estimate of drug-likeness (QED) is 0.843. The molecule has 6 nitrogen and oxygen atoms in total. The average Bonchev–Trinajstić information content (AvgIpc) is 2.66. The molecule has 0 bridgehead atoms. The Balaban J connectivity index is 1.48. The zero-order valence-electron chi connectivity index (χ0n) is 13.7. The highest BCUT2D eigenvalue weighted by atomic mass is 19.4. The molecule has 1 N–H and O–H groups in total. The molecule has 0 radical (unpaired) electrons. The zero-order valence-corrected chi connectivity index (χ0v) is 13.7. The number of anilines is 1. The molecular formula is C17H17F3N4O2. The largest absolute Gasteiger partial charge is 0.416 e. The molecule has 0 saturated carbocycles. The highest BCUT2D eigenvalue weighted by molar-refractivity contribution is 5.91. The van der Waals surface area contributed by atoms with Gasteiger partial charge < -0.3 is 4.90 Å². The molecule has 1 saturated heterocycles. The van der Waals surface area contributed by atoms with Crippen LogP contribution in [0.1, 0.15) is 28.9 Å². The second-order valence-corrected chi connectivity index (χ2v) is 5.87. The molecule has 1 aliphatic heterocycles. The van der Waals surface area contributed by atoms with Gasteiger partial charge in [0.05, 0.1) is 17.9 Å². The normalized spacial score (nSPS) is 15.7. The summed E-state index contributed by atoms with van der Waals surface area (Å²) in [6.07, 6.45) is 1.00. The van der Waals surface area contributed by atoms with Crippen molar-refractivity contribution in [1.29, 1.82) is 0 Å². The lowest BCUT2D eigenvalue weighted by atomic mass is 10.1. The number of benzene rings is 1. The van der Waals surface area contributed by atoms with E-state index in [-0.39, 0.29) is 11.8 Å². The average molecular weight is 366 g/mol. The minimum Gasteiger partial charge on any atom is -0.371 e. The van der Waals surface area contributed by atoms with Crippen molar-refractivity contribution >= 4 is 11.6 Å². The van der Waals surface area contributed by atoms with E-state index in [2.05, 4.69) is 15.4 Å². The number of nitrogens with zero attached hydrogens (tertiary/aromatic N) is 3. The van der Waals surface area contributed by atoms with Crippen molar-refractivity contribution in [2.75, 3.05) is 18.0 Å². The van der Waals surface area contributed by atoms with E-state index < -0.39 is 17.6 Å². The summed E-state index contributed by atoms with van der Waals surface area (Å²) in [5.41, 5.74) is 2.60. The Bertz CT molecular complexity index is 730. The summed E-state index contributed by atoms with van der Waals surface area (Å²) in [6.45, 7) is 1.24. The molecule has 1 fully saturated rings. The number of nitrogens with one attached hydrogen (secondary N) is 1. The van der Waals surface area contributed by atoms with E-state index in [0.717, 1.165) is 17.8 Å². The van der Waals surface area contributed by atoms with Gasteiger partial charge in [-0.3, -0.25) is 14.6 Å². The van der Waals surface area contributed by atoms with E-state index in [1.807, 2.05) is 4.90 Å². The monoisotopic (exact) mass is 366 g/mol. The Morgan fingerprint density at radius 2 is 1.85 bits per heavy atom. The number of carbonyl (C=O) groups excluding carboxylic acids is 1. The molecule has 2 heterocycles. The van der Waals surface area contributed by atoms with Crippen LogP contribution in [0.25, 0.3) is 0 Å². The number of hydroxylamine groups is 1. The third-order valence-electron chi connectivity index (χ3n) is 4.12. The fraction of sp³-hybridized carbons (Fsp3) is 0.353. The van der Waals surface area contributed by atoms with Gasteiger partial charge in [-0.25, -0.2) is 10.5 Å². The highest BCUT2D eigenvalue weighted by Crippen LogP contribution is 2.31. The molecule has 0 aliphatic carbocycles. The maximum atomic E-state index is 12.6. The molecule has 1 aromatic carbocycles. The van der Waals surface area contributed by atoms with Crippen molar-refractivity contribution in [3.8, 4) is 0 Å². The highest BCUT2D eigenvalue weighted by Gasteiger charge is 2.30. The van der Waals surface area contributed by atoms with E-state index in [0.29, 0.717) is 25.9 Å². The first-order valence-corrected chi connectivity index (χ1v) is 8.08. The smallest absolute Gasteiger partial charge is 0.371 e. The summed E-state index contributed by atoms with van der Waals surface area (Å²) in [4.78, 5) is 26.9. The molecule has 0 atom stereocenters. The van der Waals surface area contributed by atoms with Crippen LogP contribution in [0.15, 0.2) is 42.9 Å². The van der Waals surface area contributed by atoms with Gasteiger partial charge in [0, 0.05) is 31.2 Å². The Morgan fingerprint density at radius 1 is 1.15 bits per heavy atom. The third-order valence-corrected chi connectivity index (χ3v) is 4.12. The number of hydrogen-bond donors (Lipinski definition) is 1. The summed E-state index contributed by atoms with van der Waals surface area (Å²) in [5.74, 6) is -0.469. The minimum atomic E-state index is -4.33. The topological polar surface area (TPSA) is 67.3 Å². The van der Waals surface area contributed by atoms with E-state index >= 15 is 0 Å². The minimum absolute atomic E-state index is 0.162. The maximum absolute atomic E-state index is 12.6. The number of aromatic nitrogens is 2. The van der Waals surface area contributed by atoms with Crippen molar-refractivity contribution in [3.05, 3.63) is 54.1 Å². The molecule has 26 heavy (non-hydrogen) atoms. The lowest BCUT2D eigenvalue weighted by molar-refractivity contribution is -0.137. The molecule has 1 amide bonds. The number of piperidine rings is 1. The lowest BCUT2D eigenvalue weighted by Gasteiger charge is -2.33. The third kappa shape index (κ3) is 4.48. The van der Waals surface area contributed by atoms with Gasteiger partial charge in [0.25, 0.3) is 5.91 Å². The first kappa shape index (κ1) is 18.1. The molecule has 1 aromatic heterocycles. The molecule has 0 unspecified atom stereocenters. The predicted octanol–water partition coefficient (Wildman–Crippen LogP) is 2.83.